The Morgan fingerprint density at radius 2 is 1.61 bits per heavy atom. The average molecular weight is 289 g/mol. The Balaban J connectivity index is 0. The van der Waals surface area contributed by atoms with Crippen molar-refractivity contribution in [3.63, 3.8) is 0 Å². The lowest BCUT2D eigenvalue weighted by Gasteiger charge is -2.31. The fraction of sp³-hybridized carbons (Fsp3) is 1.00. The molecule has 0 bridgehead atoms. The molecule has 0 aliphatic heterocycles. The maximum atomic E-state index is 10.2. The Morgan fingerprint density at radius 1 is 1.22 bits per heavy atom. The van der Waals surface area contributed by atoms with Gasteiger partial charge >= 0.3 is 7.82 Å². The number of nitrogens with one attached hydrogen (secondary N) is 1. The van der Waals surface area contributed by atoms with Crippen LogP contribution in [0.2, 0.25) is 0 Å². The number of halogens is 1. The minimum absolute atomic E-state index is 0.346. The highest BCUT2D eigenvalue weighted by Crippen LogP contribution is 2.35. The Kier molecular flexibility index (Phi) is 12.2. The summed E-state index contributed by atoms with van der Waals surface area (Å²) in [6, 6.07) is 0. The highest BCUT2D eigenvalue weighted by Gasteiger charge is 2.21. The van der Waals surface area contributed by atoms with Gasteiger partial charge in [-0.25, -0.2) is 4.57 Å². The van der Waals surface area contributed by atoms with Crippen LogP contribution in [0.4, 0.5) is 4.53 Å². The summed E-state index contributed by atoms with van der Waals surface area (Å²) in [5.41, 5.74) is 0.346. The van der Waals surface area contributed by atoms with Gasteiger partial charge in [0.15, 0.2) is 0 Å². The molecule has 0 saturated carbocycles. The lowest BCUT2D eigenvalue weighted by atomic mass is 9.90. The van der Waals surface area contributed by atoms with Gasteiger partial charge in [-0.2, -0.15) is 0 Å². The third kappa shape index (κ3) is 11.1. The van der Waals surface area contributed by atoms with Gasteiger partial charge in [0, 0.05) is 19.2 Å². The fourth-order valence-electron chi connectivity index (χ4n) is 1.54. The van der Waals surface area contributed by atoms with E-state index in [1.54, 1.807) is 7.11 Å². The second-order valence-corrected chi connectivity index (χ2v) is 4.94. The molecule has 0 heterocycles. The molecule has 0 rings (SSSR count). The summed E-state index contributed by atoms with van der Waals surface area (Å²) in [5, 5.41) is 3.56. The summed E-state index contributed by atoms with van der Waals surface area (Å²) in [5.74, 6) is 0. The monoisotopic (exact) mass is 289 g/mol. The summed E-state index contributed by atoms with van der Waals surface area (Å²) < 4.78 is 26.4. The van der Waals surface area contributed by atoms with E-state index in [4.69, 9.17) is 19.1 Å². The summed E-state index contributed by atoms with van der Waals surface area (Å²) >= 11 is 0. The minimum atomic E-state index is -4.81. The minimum Gasteiger partial charge on any atom is -0.383 e. The maximum Gasteiger partial charge on any atom is 0.500 e. The van der Waals surface area contributed by atoms with Crippen molar-refractivity contribution in [1.29, 1.82) is 0 Å². The van der Waals surface area contributed by atoms with Crippen molar-refractivity contribution in [3.05, 3.63) is 0 Å². The summed E-state index contributed by atoms with van der Waals surface area (Å²) in [6.07, 6.45) is 3.59. The van der Waals surface area contributed by atoms with Crippen LogP contribution in [0.3, 0.4) is 0 Å². The van der Waals surface area contributed by atoms with Crippen LogP contribution >= 0.6 is 7.82 Å². The van der Waals surface area contributed by atoms with Gasteiger partial charge in [0.05, 0.1) is 6.61 Å². The molecule has 0 unspecified atom stereocenters. The first-order chi connectivity index (χ1) is 8.30. The molecule has 8 heteroatoms. The van der Waals surface area contributed by atoms with Gasteiger partial charge in [-0.15, -0.1) is 0 Å². The first-order valence-corrected chi connectivity index (χ1v) is 7.43. The van der Waals surface area contributed by atoms with Gasteiger partial charge in [0.25, 0.3) is 0 Å². The highest BCUT2D eigenvalue weighted by atomic mass is 31.2. The molecular formula is C10H25FNO5P. The molecule has 0 aromatic rings. The van der Waals surface area contributed by atoms with Crippen molar-refractivity contribution in [1.82, 2.24) is 5.32 Å². The van der Waals surface area contributed by atoms with Gasteiger partial charge in [0.1, 0.15) is 0 Å². The molecule has 0 amide bonds. The smallest absolute Gasteiger partial charge is 0.383 e. The molecule has 0 spiro atoms. The molecule has 18 heavy (non-hydrogen) atoms. The van der Waals surface area contributed by atoms with E-state index < -0.39 is 7.82 Å². The van der Waals surface area contributed by atoms with Crippen molar-refractivity contribution in [2.45, 2.75) is 45.6 Å². The normalized spacial score (nSPS) is 11.9. The first kappa shape index (κ1) is 20.3. The molecule has 0 atom stereocenters. The van der Waals surface area contributed by atoms with Crippen LogP contribution < -0.4 is 5.32 Å². The Labute approximate surface area is 108 Å². The number of rotatable bonds is 8. The molecule has 112 valence electrons. The zero-order valence-corrected chi connectivity index (χ0v) is 12.4. The molecular weight excluding hydrogens is 264 g/mol. The Bertz CT molecular complexity index is 224. The Morgan fingerprint density at radius 3 is 1.83 bits per heavy atom. The van der Waals surface area contributed by atoms with Gasteiger partial charge < -0.3 is 19.8 Å². The van der Waals surface area contributed by atoms with E-state index in [0.717, 1.165) is 13.2 Å². The van der Waals surface area contributed by atoms with Gasteiger partial charge in [-0.3, -0.25) is 0 Å². The predicted octanol–water partition coefficient (Wildman–Crippen LogP) is 2.17. The molecule has 0 saturated heterocycles. The van der Waals surface area contributed by atoms with Crippen molar-refractivity contribution in [2.75, 3.05) is 20.3 Å². The van der Waals surface area contributed by atoms with E-state index in [2.05, 4.69) is 30.8 Å². The number of hydrogen-bond donors (Lipinski definition) is 3. The van der Waals surface area contributed by atoms with Crippen LogP contribution in [0.15, 0.2) is 0 Å². The number of methoxy groups -OCH3 is 1. The highest BCUT2D eigenvalue weighted by molar-refractivity contribution is 7.46. The van der Waals surface area contributed by atoms with Gasteiger partial charge in [0.2, 0.25) is 0 Å². The lowest BCUT2D eigenvalue weighted by Crippen LogP contribution is -2.45. The summed E-state index contributed by atoms with van der Waals surface area (Å²) in [7, 11) is -3.07. The molecule has 0 radical (unpaired) electrons. The second-order valence-electron chi connectivity index (χ2n) is 3.82. The van der Waals surface area contributed by atoms with E-state index in [-0.39, 0.29) is 0 Å². The van der Waals surface area contributed by atoms with Gasteiger partial charge in [-0.1, -0.05) is 25.5 Å². The predicted molar refractivity (Wildman–Crippen MR) is 67.7 cm³/mol. The number of hydrogen-bond acceptors (Lipinski definition) is 4. The van der Waals surface area contributed by atoms with Crippen molar-refractivity contribution >= 4 is 7.82 Å². The van der Waals surface area contributed by atoms with Crippen LogP contribution in [0.1, 0.15) is 40.0 Å². The standard InChI is InChI=1S/C10H23NO.FH2O4P/c1-5-10(6-2,7-3)11-8-9-12-4;1-5-6(2,3)4/h11H,5-9H2,1-4H3;(H2,2,3,4). The fourth-order valence-corrected chi connectivity index (χ4v) is 1.54. The van der Waals surface area contributed by atoms with E-state index in [0.29, 0.717) is 5.54 Å². The van der Waals surface area contributed by atoms with Crippen molar-refractivity contribution in [2.24, 2.45) is 0 Å². The van der Waals surface area contributed by atoms with E-state index in [1.807, 2.05) is 0 Å². The third-order valence-electron chi connectivity index (χ3n) is 2.93. The van der Waals surface area contributed by atoms with Gasteiger partial charge in [-0.05, 0) is 23.8 Å². The quantitative estimate of drug-likeness (QED) is 0.469. The summed E-state index contributed by atoms with van der Waals surface area (Å²) in [4.78, 5) is 14.7. The van der Waals surface area contributed by atoms with Crippen molar-refractivity contribution in [3.8, 4) is 0 Å². The molecule has 6 nitrogen and oxygen atoms in total. The SMILES string of the molecule is CCC(CC)(CC)NCCOC.O=P(O)(O)OF. The van der Waals surface area contributed by atoms with Crippen molar-refractivity contribution < 1.29 is 28.3 Å². The average Bonchev–Trinajstić information content (AvgIpc) is 2.35. The molecule has 3 N–H and O–H groups in total. The lowest BCUT2D eigenvalue weighted by molar-refractivity contribution is -0.0389. The second kappa shape index (κ2) is 10.8. The van der Waals surface area contributed by atoms with Crippen LogP contribution in [0, 0.1) is 0 Å². The molecule has 0 aliphatic carbocycles. The largest absolute Gasteiger partial charge is 0.500 e. The summed E-state index contributed by atoms with van der Waals surface area (Å²) in [6.45, 7) is 8.50. The Hall–Kier alpha value is -0.0400. The maximum absolute atomic E-state index is 10.2. The van der Waals surface area contributed by atoms with Crippen LogP contribution in [0.25, 0.3) is 0 Å². The van der Waals surface area contributed by atoms with Crippen LogP contribution in [0.5, 0.6) is 0 Å². The topological polar surface area (TPSA) is 88.0 Å². The molecule has 0 aliphatic rings. The number of ether oxygens (including phenoxy) is 1. The first-order valence-electron chi connectivity index (χ1n) is 5.90. The molecule has 0 aromatic heterocycles. The van der Waals surface area contributed by atoms with E-state index in [9.17, 15) is 4.53 Å². The van der Waals surface area contributed by atoms with E-state index >= 15 is 0 Å². The van der Waals surface area contributed by atoms with Crippen LogP contribution in [-0.4, -0.2) is 35.6 Å². The zero-order valence-electron chi connectivity index (χ0n) is 11.5. The zero-order chi connectivity index (χ0) is 14.7. The van der Waals surface area contributed by atoms with Crippen LogP contribution in [-0.2, 0) is 14.0 Å². The van der Waals surface area contributed by atoms with E-state index in [1.165, 1.54) is 19.3 Å². The molecule has 0 fully saturated rings. The number of phosphoric acid groups is 1. The molecule has 0 aromatic carbocycles. The third-order valence-corrected chi connectivity index (χ3v) is 3.11.